The van der Waals surface area contributed by atoms with Crippen molar-refractivity contribution in [3.8, 4) is 0 Å². The Morgan fingerprint density at radius 1 is 0.917 bits per heavy atom. The summed E-state index contributed by atoms with van der Waals surface area (Å²) in [5, 5.41) is 5.30. The minimum absolute atomic E-state index is 0.455. The second-order valence-corrected chi connectivity index (χ2v) is 6.26. The fraction of sp³-hybridized carbons (Fsp3) is 0.200. The number of fused-ring (bicyclic) bond motifs is 5. The quantitative estimate of drug-likeness (QED) is 0.535. The van der Waals surface area contributed by atoms with Crippen molar-refractivity contribution in [2.45, 2.75) is 19.9 Å². The Bertz CT molecular complexity index is 1040. The monoisotopic (exact) mass is 320 g/mol. The standard InChI is InChI=1S/C20H20N2O2/c1-13(2)22(3)12-11-21-16-9-6-8-15-18(16)24-19-14-7-4-5-10-17(14)23-20(15)19/h4-13,21H,1-3H3/b12-11-. The molecule has 0 saturated carbocycles. The topological polar surface area (TPSA) is 41.5 Å². The summed E-state index contributed by atoms with van der Waals surface area (Å²) in [6.07, 6.45) is 3.95. The van der Waals surface area contributed by atoms with Crippen molar-refractivity contribution >= 4 is 38.8 Å². The molecule has 1 N–H and O–H groups in total. The lowest BCUT2D eigenvalue weighted by molar-refractivity contribution is 0.375. The molecule has 4 heteroatoms. The van der Waals surface area contributed by atoms with Crippen molar-refractivity contribution in [3.05, 3.63) is 54.9 Å². The van der Waals surface area contributed by atoms with Gasteiger partial charge in [0.05, 0.1) is 16.5 Å². The summed E-state index contributed by atoms with van der Waals surface area (Å²) in [7, 11) is 2.05. The van der Waals surface area contributed by atoms with Crippen molar-refractivity contribution in [1.29, 1.82) is 0 Å². The lowest BCUT2D eigenvalue weighted by Gasteiger charge is -2.18. The van der Waals surface area contributed by atoms with Gasteiger partial charge in [-0.05, 0) is 38.1 Å². The first-order valence-electron chi connectivity index (χ1n) is 8.13. The predicted molar refractivity (Wildman–Crippen MR) is 99.2 cm³/mol. The van der Waals surface area contributed by atoms with Gasteiger partial charge in [-0.1, -0.05) is 18.2 Å². The van der Waals surface area contributed by atoms with E-state index in [-0.39, 0.29) is 0 Å². The minimum Gasteiger partial charge on any atom is -0.452 e. The maximum Gasteiger partial charge on any atom is 0.181 e. The minimum atomic E-state index is 0.455. The third-order valence-electron chi connectivity index (χ3n) is 4.38. The van der Waals surface area contributed by atoms with Crippen LogP contribution in [0.1, 0.15) is 13.8 Å². The number of furan rings is 2. The molecule has 122 valence electrons. The molecule has 0 radical (unpaired) electrons. The largest absolute Gasteiger partial charge is 0.452 e. The van der Waals surface area contributed by atoms with Gasteiger partial charge in [0.25, 0.3) is 0 Å². The Labute approximate surface area is 140 Å². The summed E-state index contributed by atoms with van der Waals surface area (Å²) in [5.41, 5.74) is 4.20. The van der Waals surface area contributed by atoms with Crippen molar-refractivity contribution in [3.63, 3.8) is 0 Å². The van der Waals surface area contributed by atoms with Gasteiger partial charge in [0.1, 0.15) is 5.58 Å². The fourth-order valence-electron chi connectivity index (χ4n) is 2.76. The van der Waals surface area contributed by atoms with Gasteiger partial charge in [-0.3, -0.25) is 0 Å². The first kappa shape index (κ1) is 14.7. The van der Waals surface area contributed by atoms with Gasteiger partial charge in [-0.25, -0.2) is 0 Å². The molecule has 0 amide bonds. The number of anilines is 1. The van der Waals surface area contributed by atoms with Gasteiger partial charge in [0.2, 0.25) is 0 Å². The van der Waals surface area contributed by atoms with Crippen LogP contribution in [0, 0.1) is 0 Å². The molecule has 4 aromatic rings. The molecule has 0 aliphatic heterocycles. The molecule has 2 aromatic heterocycles. The number of para-hydroxylation sites is 2. The highest BCUT2D eigenvalue weighted by atomic mass is 16.4. The zero-order valence-corrected chi connectivity index (χ0v) is 14.0. The molecule has 0 fully saturated rings. The second-order valence-electron chi connectivity index (χ2n) is 6.26. The van der Waals surface area contributed by atoms with Crippen LogP contribution in [0.2, 0.25) is 0 Å². The fourth-order valence-corrected chi connectivity index (χ4v) is 2.76. The van der Waals surface area contributed by atoms with E-state index in [1.807, 2.05) is 54.9 Å². The van der Waals surface area contributed by atoms with E-state index in [0.717, 1.165) is 38.8 Å². The number of nitrogens with one attached hydrogen (secondary N) is 1. The summed E-state index contributed by atoms with van der Waals surface area (Å²) < 4.78 is 12.1. The SMILES string of the molecule is CC(C)N(C)/C=C\Nc1cccc2c1oc1c3ccccc3oc21. The van der Waals surface area contributed by atoms with Crippen molar-refractivity contribution in [2.24, 2.45) is 0 Å². The highest BCUT2D eigenvalue weighted by Crippen LogP contribution is 2.38. The van der Waals surface area contributed by atoms with Crippen LogP contribution in [0.4, 0.5) is 5.69 Å². The van der Waals surface area contributed by atoms with Crippen LogP contribution in [-0.2, 0) is 0 Å². The molecule has 0 unspecified atom stereocenters. The Morgan fingerprint density at radius 3 is 2.50 bits per heavy atom. The zero-order valence-electron chi connectivity index (χ0n) is 14.0. The summed E-state index contributed by atoms with van der Waals surface area (Å²) in [6.45, 7) is 4.30. The van der Waals surface area contributed by atoms with Crippen molar-refractivity contribution in [2.75, 3.05) is 12.4 Å². The number of hydrogen-bond donors (Lipinski definition) is 1. The van der Waals surface area contributed by atoms with Crippen LogP contribution in [-0.4, -0.2) is 18.0 Å². The van der Waals surface area contributed by atoms with Gasteiger partial charge < -0.3 is 19.1 Å². The molecule has 0 saturated heterocycles. The Morgan fingerprint density at radius 2 is 1.67 bits per heavy atom. The molecule has 24 heavy (non-hydrogen) atoms. The molecule has 0 aliphatic rings. The Kier molecular flexibility index (Phi) is 3.45. The molecule has 4 rings (SSSR count). The van der Waals surface area contributed by atoms with Crippen LogP contribution in [0.3, 0.4) is 0 Å². The second kappa shape index (κ2) is 5.64. The van der Waals surface area contributed by atoms with Gasteiger partial charge >= 0.3 is 0 Å². The van der Waals surface area contributed by atoms with Crippen LogP contribution in [0.5, 0.6) is 0 Å². The third-order valence-corrected chi connectivity index (χ3v) is 4.38. The summed E-state index contributed by atoms with van der Waals surface area (Å²) in [4.78, 5) is 2.13. The molecule has 0 aliphatic carbocycles. The van der Waals surface area contributed by atoms with Crippen LogP contribution in [0.25, 0.3) is 33.1 Å². The molecule has 2 heterocycles. The van der Waals surface area contributed by atoms with E-state index in [1.165, 1.54) is 0 Å². The van der Waals surface area contributed by atoms with Crippen molar-refractivity contribution < 1.29 is 8.83 Å². The number of rotatable bonds is 4. The van der Waals surface area contributed by atoms with E-state index in [2.05, 4.69) is 31.1 Å². The number of nitrogens with zero attached hydrogens (tertiary/aromatic N) is 1. The van der Waals surface area contributed by atoms with Crippen LogP contribution >= 0.6 is 0 Å². The van der Waals surface area contributed by atoms with Crippen LogP contribution < -0.4 is 5.32 Å². The van der Waals surface area contributed by atoms with E-state index in [0.29, 0.717) is 6.04 Å². The van der Waals surface area contributed by atoms with E-state index < -0.39 is 0 Å². The van der Waals surface area contributed by atoms with Gasteiger partial charge in [0, 0.05) is 25.5 Å². The normalized spacial score (nSPS) is 12.2. The summed E-state index contributed by atoms with van der Waals surface area (Å²) in [6, 6.07) is 14.4. The maximum atomic E-state index is 6.14. The summed E-state index contributed by atoms with van der Waals surface area (Å²) >= 11 is 0. The molecular formula is C20H20N2O2. The predicted octanol–water partition coefficient (Wildman–Crippen LogP) is 5.56. The van der Waals surface area contributed by atoms with Gasteiger partial charge in [0.15, 0.2) is 16.7 Å². The van der Waals surface area contributed by atoms with E-state index in [4.69, 9.17) is 8.83 Å². The molecular weight excluding hydrogens is 300 g/mol. The molecule has 0 bridgehead atoms. The number of hydrogen-bond acceptors (Lipinski definition) is 4. The first-order valence-corrected chi connectivity index (χ1v) is 8.13. The van der Waals surface area contributed by atoms with E-state index >= 15 is 0 Å². The summed E-state index contributed by atoms with van der Waals surface area (Å²) in [5.74, 6) is 0. The molecule has 0 spiro atoms. The first-order chi connectivity index (χ1) is 11.6. The maximum absolute atomic E-state index is 6.14. The zero-order chi connectivity index (χ0) is 16.7. The Hall–Kier alpha value is -2.88. The third kappa shape index (κ3) is 2.31. The Balaban J connectivity index is 1.78. The molecule has 4 nitrogen and oxygen atoms in total. The van der Waals surface area contributed by atoms with Crippen LogP contribution in [0.15, 0.2) is 63.7 Å². The molecule has 0 atom stereocenters. The average Bonchev–Trinajstić information content (AvgIpc) is 3.11. The van der Waals surface area contributed by atoms with E-state index in [1.54, 1.807) is 0 Å². The van der Waals surface area contributed by atoms with Gasteiger partial charge in [-0.15, -0.1) is 0 Å². The highest BCUT2D eigenvalue weighted by molar-refractivity contribution is 6.14. The molecule has 2 aromatic carbocycles. The smallest absolute Gasteiger partial charge is 0.181 e. The van der Waals surface area contributed by atoms with Gasteiger partial charge in [-0.2, -0.15) is 0 Å². The lowest BCUT2D eigenvalue weighted by Crippen LogP contribution is -2.20. The lowest BCUT2D eigenvalue weighted by atomic mass is 10.2. The van der Waals surface area contributed by atoms with Crippen molar-refractivity contribution in [1.82, 2.24) is 4.90 Å². The van der Waals surface area contributed by atoms with E-state index in [9.17, 15) is 0 Å². The average molecular weight is 320 g/mol. The highest BCUT2D eigenvalue weighted by Gasteiger charge is 2.16. The number of benzene rings is 2.